The van der Waals surface area contributed by atoms with Crippen molar-refractivity contribution in [3.05, 3.63) is 34.3 Å². The molecule has 1 fully saturated rings. The molecule has 0 unspecified atom stereocenters. The minimum Gasteiger partial charge on any atom is -0.386 e. The molecule has 1 aromatic carbocycles. The predicted octanol–water partition coefficient (Wildman–Crippen LogP) is 2.25. The summed E-state index contributed by atoms with van der Waals surface area (Å²) in [6, 6.07) is 5.23. The monoisotopic (exact) mass is 253 g/mol. The molecule has 3 nitrogen and oxygen atoms in total. The quantitative estimate of drug-likeness (QED) is 0.878. The van der Waals surface area contributed by atoms with E-state index in [1.807, 2.05) is 13.8 Å². The summed E-state index contributed by atoms with van der Waals surface area (Å²) >= 11 is 5.85. The van der Waals surface area contributed by atoms with Gasteiger partial charge in [0, 0.05) is 10.6 Å². The van der Waals surface area contributed by atoms with E-state index in [-0.39, 0.29) is 5.91 Å². The molecule has 0 radical (unpaired) electrons. The average Bonchev–Trinajstić information content (AvgIpc) is 2.24. The largest absolute Gasteiger partial charge is 0.386 e. The van der Waals surface area contributed by atoms with Crippen LogP contribution in [0.25, 0.3) is 0 Å². The summed E-state index contributed by atoms with van der Waals surface area (Å²) in [6.45, 7) is 4.63. The standard InChI is InChI=1S/C13H16ClNO2/c1-3-13(17)7-15(8-13)12(16)11-5-4-10(14)6-9(11)2/h4-6,17H,3,7-8H2,1-2H3. The van der Waals surface area contributed by atoms with Crippen LogP contribution in [0.2, 0.25) is 5.02 Å². The van der Waals surface area contributed by atoms with Gasteiger partial charge < -0.3 is 10.0 Å². The van der Waals surface area contributed by atoms with Crippen molar-refractivity contribution < 1.29 is 9.90 Å². The molecule has 4 heteroatoms. The highest BCUT2D eigenvalue weighted by molar-refractivity contribution is 6.30. The number of aryl methyl sites for hydroxylation is 1. The van der Waals surface area contributed by atoms with Crippen molar-refractivity contribution in [3.8, 4) is 0 Å². The number of hydrogen-bond donors (Lipinski definition) is 1. The summed E-state index contributed by atoms with van der Waals surface area (Å²) in [6.07, 6.45) is 0.677. The molecule has 0 spiro atoms. The number of carbonyl (C=O) groups excluding carboxylic acids is 1. The lowest BCUT2D eigenvalue weighted by atomic mass is 9.90. The van der Waals surface area contributed by atoms with Crippen molar-refractivity contribution in [1.29, 1.82) is 0 Å². The van der Waals surface area contributed by atoms with Crippen LogP contribution in [0, 0.1) is 6.92 Å². The second kappa shape index (κ2) is 4.31. The lowest BCUT2D eigenvalue weighted by Crippen LogP contribution is -2.63. The summed E-state index contributed by atoms with van der Waals surface area (Å²) in [7, 11) is 0. The number of carbonyl (C=O) groups is 1. The van der Waals surface area contributed by atoms with Gasteiger partial charge in [0.05, 0.1) is 18.7 Å². The van der Waals surface area contributed by atoms with Crippen LogP contribution >= 0.6 is 11.6 Å². The molecular weight excluding hydrogens is 238 g/mol. The SMILES string of the molecule is CCC1(O)CN(C(=O)c2ccc(Cl)cc2C)C1. The molecule has 1 N–H and O–H groups in total. The van der Waals surface area contributed by atoms with Gasteiger partial charge in [0.1, 0.15) is 0 Å². The van der Waals surface area contributed by atoms with E-state index < -0.39 is 5.60 Å². The molecule has 2 rings (SSSR count). The zero-order valence-electron chi connectivity index (χ0n) is 10.0. The normalized spacial score (nSPS) is 17.8. The van der Waals surface area contributed by atoms with E-state index in [0.717, 1.165) is 5.56 Å². The number of likely N-dealkylation sites (tertiary alicyclic amines) is 1. The molecule has 0 saturated carbocycles. The third-order valence-electron chi connectivity index (χ3n) is 3.33. The molecule has 1 aliphatic rings. The van der Waals surface area contributed by atoms with Crippen molar-refractivity contribution in [2.75, 3.05) is 13.1 Å². The van der Waals surface area contributed by atoms with E-state index in [2.05, 4.69) is 0 Å². The minimum absolute atomic E-state index is 0.0303. The fraction of sp³-hybridized carbons (Fsp3) is 0.462. The van der Waals surface area contributed by atoms with Gasteiger partial charge in [-0.15, -0.1) is 0 Å². The Bertz CT molecular complexity index is 453. The van der Waals surface area contributed by atoms with Crippen molar-refractivity contribution in [3.63, 3.8) is 0 Å². The van der Waals surface area contributed by atoms with Crippen LogP contribution in [-0.2, 0) is 0 Å². The van der Waals surface area contributed by atoms with E-state index >= 15 is 0 Å². The highest BCUT2D eigenvalue weighted by Gasteiger charge is 2.42. The van der Waals surface area contributed by atoms with E-state index in [9.17, 15) is 9.90 Å². The molecule has 1 amide bonds. The molecule has 1 aliphatic heterocycles. The number of hydrogen-bond acceptors (Lipinski definition) is 2. The fourth-order valence-corrected chi connectivity index (χ4v) is 2.30. The Morgan fingerprint density at radius 1 is 1.53 bits per heavy atom. The Hall–Kier alpha value is -1.06. The van der Waals surface area contributed by atoms with Crippen LogP contribution in [0.1, 0.15) is 29.3 Å². The van der Waals surface area contributed by atoms with Gasteiger partial charge >= 0.3 is 0 Å². The maximum absolute atomic E-state index is 12.1. The highest BCUT2D eigenvalue weighted by atomic mass is 35.5. The first-order valence-electron chi connectivity index (χ1n) is 5.73. The van der Waals surface area contributed by atoms with Crippen molar-refractivity contribution in [1.82, 2.24) is 4.90 Å². The molecule has 0 atom stereocenters. The van der Waals surface area contributed by atoms with Crippen LogP contribution in [0.3, 0.4) is 0 Å². The summed E-state index contributed by atoms with van der Waals surface area (Å²) in [4.78, 5) is 13.8. The third-order valence-corrected chi connectivity index (χ3v) is 3.57. The molecule has 1 heterocycles. The zero-order valence-corrected chi connectivity index (χ0v) is 10.8. The van der Waals surface area contributed by atoms with Gasteiger partial charge in [-0.2, -0.15) is 0 Å². The third kappa shape index (κ3) is 2.31. The lowest BCUT2D eigenvalue weighted by Gasteiger charge is -2.46. The molecule has 0 aromatic heterocycles. The topological polar surface area (TPSA) is 40.5 Å². The van der Waals surface area contributed by atoms with E-state index in [0.29, 0.717) is 30.1 Å². The average molecular weight is 254 g/mol. The van der Waals surface area contributed by atoms with E-state index in [4.69, 9.17) is 11.6 Å². The smallest absolute Gasteiger partial charge is 0.254 e. The van der Waals surface area contributed by atoms with Crippen molar-refractivity contribution >= 4 is 17.5 Å². The number of nitrogens with zero attached hydrogens (tertiary/aromatic N) is 1. The number of amides is 1. The maximum Gasteiger partial charge on any atom is 0.254 e. The Morgan fingerprint density at radius 3 is 2.71 bits per heavy atom. The first kappa shape index (κ1) is 12.4. The number of halogens is 1. The number of benzene rings is 1. The van der Waals surface area contributed by atoms with E-state index in [1.165, 1.54) is 0 Å². The molecular formula is C13H16ClNO2. The molecule has 0 bridgehead atoms. The van der Waals surface area contributed by atoms with Crippen LogP contribution in [0.5, 0.6) is 0 Å². The Kier molecular flexibility index (Phi) is 3.15. The molecule has 1 aromatic rings. The van der Waals surface area contributed by atoms with Gasteiger partial charge in [0.15, 0.2) is 0 Å². The summed E-state index contributed by atoms with van der Waals surface area (Å²) in [5.41, 5.74) is 0.845. The van der Waals surface area contributed by atoms with Gasteiger partial charge in [-0.05, 0) is 37.1 Å². The number of aliphatic hydroxyl groups is 1. The number of β-amino-alcohol motifs (C(OH)–C–C–N with tert-alkyl or cyclic N) is 1. The van der Waals surface area contributed by atoms with Crippen molar-refractivity contribution in [2.45, 2.75) is 25.9 Å². The Labute approximate surface area is 106 Å². The lowest BCUT2D eigenvalue weighted by molar-refractivity contribution is -0.0826. The second-order valence-corrected chi connectivity index (χ2v) is 5.13. The van der Waals surface area contributed by atoms with Crippen LogP contribution in [0.4, 0.5) is 0 Å². The second-order valence-electron chi connectivity index (χ2n) is 4.70. The highest BCUT2D eigenvalue weighted by Crippen LogP contribution is 2.27. The Morgan fingerprint density at radius 2 is 2.18 bits per heavy atom. The molecule has 0 aliphatic carbocycles. The number of rotatable bonds is 2. The van der Waals surface area contributed by atoms with Crippen LogP contribution in [0.15, 0.2) is 18.2 Å². The van der Waals surface area contributed by atoms with Gasteiger partial charge in [-0.25, -0.2) is 0 Å². The van der Waals surface area contributed by atoms with Gasteiger partial charge in [0.2, 0.25) is 0 Å². The van der Waals surface area contributed by atoms with Crippen molar-refractivity contribution in [2.24, 2.45) is 0 Å². The zero-order chi connectivity index (χ0) is 12.6. The molecule has 92 valence electrons. The molecule has 1 saturated heterocycles. The fourth-order valence-electron chi connectivity index (χ4n) is 2.07. The summed E-state index contributed by atoms with van der Waals surface area (Å²) in [5.74, 6) is -0.0303. The van der Waals surface area contributed by atoms with Crippen LogP contribution in [-0.4, -0.2) is 34.6 Å². The van der Waals surface area contributed by atoms with Gasteiger partial charge in [-0.1, -0.05) is 18.5 Å². The summed E-state index contributed by atoms with van der Waals surface area (Å²) in [5, 5.41) is 10.5. The predicted molar refractivity (Wildman–Crippen MR) is 67.3 cm³/mol. The molecule has 17 heavy (non-hydrogen) atoms. The minimum atomic E-state index is -0.685. The first-order valence-corrected chi connectivity index (χ1v) is 6.11. The first-order chi connectivity index (χ1) is 7.95. The van der Waals surface area contributed by atoms with E-state index in [1.54, 1.807) is 23.1 Å². The van der Waals surface area contributed by atoms with Gasteiger partial charge in [-0.3, -0.25) is 4.79 Å². The maximum atomic E-state index is 12.1. The Balaban J connectivity index is 2.12. The van der Waals surface area contributed by atoms with Crippen LogP contribution < -0.4 is 0 Å². The summed E-state index contributed by atoms with van der Waals surface area (Å²) < 4.78 is 0. The van der Waals surface area contributed by atoms with Gasteiger partial charge in [0.25, 0.3) is 5.91 Å².